The molecular formula is C97H212N26O14S4. The Morgan fingerprint density at radius 2 is 0.582 bits per heavy atom. The van der Waals surface area contributed by atoms with Crippen LogP contribution >= 0.6 is 50.5 Å². The summed E-state index contributed by atoms with van der Waals surface area (Å²) >= 11 is 15.7. The number of aliphatic hydroxyl groups excluding tert-OH is 2. The van der Waals surface area contributed by atoms with Crippen molar-refractivity contribution in [3.05, 3.63) is 54.1 Å². The Morgan fingerprint density at radius 3 is 0.844 bits per heavy atom. The lowest BCUT2D eigenvalue weighted by molar-refractivity contribution is -0.124. The smallest absolute Gasteiger partial charge is 0.239 e. The molecule has 0 spiro atoms. The highest BCUT2D eigenvalue weighted by Gasteiger charge is 2.20. The number of rotatable bonds is 60. The van der Waals surface area contributed by atoms with Gasteiger partial charge in [0.25, 0.3) is 0 Å². The third-order valence-corrected chi connectivity index (χ3v) is 20.6. The molecule has 2 aromatic rings. The fourth-order valence-corrected chi connectivity index (χ4v) is 9.72. The second-order valence-electron chi connectivity index (χ2n) is 33.8. The summed E-state index contributed by atoms with van der Waals surface area (Å²) in [6.45, 7) is 44.0. The molecule has 2 rings (SSSR count). The van der Waals surface area contributed by atoms with Crippen molar-refractivity contribution in [3.63, 3.8) is 0 Å². The summed E-state index contributed by atoms with van der Waals surface area (Å²) in [6, 6.07) is 4.02. The zero-order valence-electron chi connectivity index (χ0n) is 89.7. The van der Waals surface area contributed by atoms with Crippen LogP contribution in [0.1, 0.15) is 294 Å². The molecule has 838 valence electrons. The number of nitrogens with zero attached hydrogens (tertiary/aromatic N) is 1. The number of amides is 12. The monoisotopic (exact) mass is 2110 g/mol. The van der Waals surface area contributed by atoms with Crippen LogP contribution in [0.15, 0.2) is 42.9 Å². The van der Waals surface area contributed by atoms with Crippen LogP contribution in [0.2, 0.25) is 0 Å². The number of hydrogen-bond donors (Lipinski definition) is 31. The predicted molar refractivity (Wildman–Crippen MR) is 600 cm³/mol. The van der Waals surface area contributed by atoms with E-state index in [-0.39, 0.29) is 124 Å². The first kappa shape index (κ1) is 154. The number of aliphatic hydroxyl groups is 2. The minimum absolute atomic E-state index is 0. The van der Waals surface area contributed by atoms with Crippen LogP contribution in [-0.4, -0.2) is 278 Å². The third kappa shape index (κ3) is 110. The Balaban J connectivity index is -0.000000118. The number of thiol groups is 4. The lowest BCUT2D eigenvalue weighted by Crippen LogP contribution is -2.44. The Bertz CT molecular complexity index is 2960. The molecule has 0 saturated carbocycles. The molecule has 1 aromatic heterocycles. The molecule has 0 aliphatic carbocycles. The molecule has 44 heteroatoms. The number of aromatic amines is 1. The summed E-state index contributed by atoms with van der Waals surface area (Å²) in [4.78, 5) is 139. The van der Waals surface area contributed by atoms with Gasteiger partial charge in [-0.05, 0) is 115 Å². The van der Waals surface area contributed by atoms with Crippen molar-refractivity contribution in [2.45, 2.75) is 364 Å². The van der Waals surface area contributed by atoms with Crippen LogP contribution in [0, 0.1) is 11.8 Å². The normalized spacial score (nSPS) is 12.6. The molecule has 0 aliphatic heterocycles. The summed E-state index contributed by atoms with van der Waals surface area (Å²) in [5, 5.41) is 49.7. The molecule has 1 heterocycles. The first-order valence-electron chi connectivity index (χ1n) is 50.9. The molecule has 39 N–H and O–H groups in total. The number of aromatic nitrogens is 2. The van der Waals surface area contributed by atoms with E-state index in [0.717, 1.165) is 224 Å². The van der Waals surface area contributed by atoms with Gasteiger partial charge in [-0.25, -0.2) is 4.98 Å². The van der Waals surface area contributed by atoms with Crippen LogP contribution in [0.3, 0.4) is 0 Å². The number of carbonyl (C=O) groups excluding carboxylic acids is 12. The fourth-order valence-electron chi connectivity index (χ4n) is 9.06. The van der Waals surface area contributed by atoms with Gasteiger partial charge in [-0.1, -0.05) is 218 Å². The lowest BCUT2D eigenvalue weighted by Gasteiger charge is -2.14. The van der Waals surface area contributed by atoms with Crippen LogP contribution in [0.5, 0.6) is 0 Å². The van der Waals surface area contributed by atoms with Gasteiger partial charge in [0.2, 0.25) is 70.9 Å². The maximum atomic E-state index is 11.6. The van der Waals surface area contributed by atoms with Gasteiger partial charge < -0.3 is 148 Å². The fraction of sp³-hybridized carbons (Fsp3) is 0.784. The van der Waals surface area contributed by atoms with Crippen molar-refractivity contribution in [1.82, 2.24) is 73.8 Å². The zero-order valence-corrected chi connectivity index (χ0v) is 93.3. The Labute approximate surface area is 875 Å². The SMILES string of the molecule is CCCCNC(=[17O])[C@@H](N)C(C)C.CCCCNC(=[17O])[C@@H](N)CO.CCCCNC(=[17O])[C@H](C)N.CCCCNC(=[18O])[C@@H](N)C(C)C.CCCCNC(=[18O])[C@@H](N)CO.CCCCNC(=[18O])[C@@H](N)CS.CCCCNC(=[18O])[C@@H](N)Cc1ccccc1.CCCCNC(=[18O])[C@@H](N)Cc1cnc[nH]1.CCCCNC(=[18O])[C@H](C)N.CCCC[15NH]C(=O)[C@@H](N)CS.CCCC[15NH]C(=[18O])[C@@H](N)CS.CCCC[15NH][13C](=O)[C@@H](N)CS.[HH].[HH].[HH]. The summed E-state index contributed by atoms with van der Waals surface area (Å²) < 4.78 is 0. The number of nitrogens with one attached hydrogen (secondary N) is 13. The van der Waals surface area contributed by atoms with Crippen molar-refractivity contribution < 1.29 is 72.0 Å². The number of nitrogens with two attached hydrogens (primary N) is 12. The average Bonchev–Trinajstić information content (AvgIpc) is 1.52. The summed E-state index contributed by atoms with van der Waals surface area (Å²) in [6.07, 6.45) is 29.3. The highest BCUT2D eigenvalue weighted by Crippen LogP contribution is 2.04. The second kappa shape index (κ2) is 115. The summed E-state index contributed by atoms with van der Waals surface area (Å²) in [5.41, 5.74) is 67.5. The van der Waals surface area contributed by atoms with Crippen LogP contribution < -0.4 is 133 Å². The van der Waals surface area contributed by atoms with Crippen LogP contribution in [0.25, 0.3) is 0 Å². The number of hydrogen-bond acceptors (Lipinski definition) is 31. The number of imidazole rings is 1. The third-order valence-electron chi connectivity index (χ3n) is 19.0. The second-order valence-corrected chi connectivity index (χ2v) is 35.2. The van der Waals surface area contributed by atoms with Crippen molar-refractivity contribution >= 4 is 121 Å². The van der Waals surface area contributed by atoms with Crippen molar-refractivity contribution in [3.8, 4) is 0 Å². The molecule has 0 fully saturated rings. The largest absolute Gasteiger partial charge is 0.394 e. The van der Waals surface area contributed by atoms with Gasteiger partial charge in [-0.3, -0.25) is 57.5 Å². The van der Waals surface area contributed by atoms with Gasteiger partial charge in [-0.15, -0.1) is 0 Å². The summed E-state index contributed by atoms with van der Waals surface area (Å²) in [7, 11) is 0. The minimum Gasteiger partial charge on any atom is -0.394 e. The molecule has 12 atom stereocenters. The number of H-pyrrole nitrogens is 1. The van der Waals surface area contributed by atoms with E-state index in [4.69, 9.17) is 79.0 Å². The summed E-state index contributed by atoms with van der Waals surface area (Å²) in [5.74, 6) is 0.726. The van der Waals surface area contributed by atoms with E-state index in [2.05, 4.69) is 194 Å². The van der Waals surface area contributed by atoms with E-state index >= 15 is 0 Å². The number of benzene rings is 1. The average molecular weight is 2120 g/mol. The van der Waals surface area contributed by atoms with E-state index in [1.54, 1.807) is 26.4 Å². The first-order valence-corrected chi connectivity index (χ1v) is 53.4. The van der Waals surface area contributed by atoms with Crippen LogP contribution in [0.4, 0.5) is 0 Å². The highest BCUT2D eigenvalue weighted by molar-refractivity contribution is 7.80. The maximum absolute atomic E-state index is 11.6. The van der Waals surface area contributed by atoms with Crippen molar-refractivity contribution in [2.24, 2.45) is 80.6 Å². The molecule has 0 aliphatic rings. The van der Waals surface area contributed by atoms with E-state index < -0.39 is 48.3 Å². The molecule has 0 radical (unpaired) electrons. The Kier molecular flexibility index (Phi) is 125. The number of carbonyl (C=O) groups is 12. The molecule has 12 amide bonds. The topological polar surface area (TPSA) is 731 Å². The van der Waals surface area contributed by atoms with E-state index in [1.807, 2.05) is 71.9 Å². The van der Waals surface area contributed by atoms with Gasteiger partial charge in [0, 0.05) is 124 Å². The van der Waals surface area contributed by atoms with Crippen LogP contribution in [-0.2, 0) is 70.4 Å². The van der Waals surface area contributed by atoms with E-state index in [1.165, 1.54) is 0 Å². The van der Waals surface area contributed by atoms with Gasteiger partial charge in [0.15, 0.2) is 0 Å². The molecular weight excluding hydrogens is 1900 g/mol. The number of unbranched alkanes of at least 4 members (excludes halogenated alkanes) is 12. The van der Waals surface area contributed by atoms with Gasteiger partial charge >= 0.3 is 0 Å². The van der Waals surface area contributed by atoms with Gasteiger partial charge in [0.1, 0.15) is 12.1 Å². The van der Waals surface area contributed by atoms with E-state index in [0.29, 0.717) is 55.5 Å². The first-order chi connectivity index (χ1) is 66.8. The quantitative estimate of drug-likeness (QED) is 0.0147. The Hall–Kier alpha value is -7.09. The van der Waals surface area contributed by atoms with E-state index in [9.17, 15) is 57.5 Å². The highest BCUT2D eigenvalue weighted by atomic mass is 32.1. The van der Waals surface area contributed by atoms with Gasteiger partial charge in [0.05, 0.1) is 80.0 Å². The molecule has 0 saturated heterocycles. The van der Waals surface area contributed by atoms with Gasteiger partial charge in [-0.2, -0.15) is 50.5 Å². The molecule has 40 nitrogen and oxygen atoms in total. The predicted octanol–water partition coefficient (Wildman–Crippen LogP) is 3.76. The maximum Gasteiger partial charge on any atom is 0.239 e. The molecule has 1 aromatic carbocycles. The lowest BCUT2D eigenvalue weighted by atomic mass is 10.1. The molecule has 0 unspecified atom stereocenters. The molecule has 141 heavy (non-hydrogen) atoms. The standard InChI is InChI=1S/C13H20N2O.C10H18N4O.2C9H20N2O.2C7H16N2O2.4C7H16N2OS.2C7H16N2O.3H2/c1-2-3-9-15-13(16)12(14)10-11-7-5-4-6-8-11;1-2-3-4-13-10(15)9(11)5-8-6-12-7-14-8;2*1-4-5-6-11-9(12)8(10)7(2)3;2*1-2-3-4-9-7(11)6(8)5-10;4*1-2-3-4-9-7(10)6(8)5-11;2*1-3-4-5-9-7(10)6(2)8;;;/h4-8,12H,2-3,9-10,14H2,1H3,(H,15,16);6-7,9H,2-5,11H2,1H3,(H,12,14)(H,13,15);2*7-8H,4-6,10H2,1-3H3,(H,11,12);2*6,10H,2-5,8H2,1H3,(H,9,11);4*6,11H,2-5,8H2,1H3,(H,9,10);2*6H,3-5,8H2,1-2H3,(H,9,10);3*1H/t12-;9-;2*8-;8*6-;;;/m000000000000.../s1/i16+2;15+2;12+2;12+1;11+2;11+1;9+1,10+2;7+1,9+1;10+2;9+1;10+2;10+1;;;. The van der Waals surface area contributed by atoms with Crippen molar-refractivity contribution in [2.75, 3.05) is 115 Å². The molecule has 0 bridgehead atoms. The minimum atomic E-state index is -0.771. The zero-order chi connectivity index (χ0) is 110. The Morgan fingerprint density at radius 1 is 0.326 bits per heavy atom. The van der Waals surface area contributed by atoms with Crippen molar-refractivity contribution in [1.29, 1.82) is 0 Å².